The molecule has 0 rings (SSSR count). The van der Waals surface area contributed by atoms with E-state index in [0.717, 1.165) is 0 Å². The molecule has 0 amide bonds. The molecule has 13 heteroatoms. The van der Waals surface area contributed by atoms with Crippen LogP contribution < -0.4 is 68.7 Å². The second-order valence-corrected chi connectivity index (χ2v) is 0.750. The predicted molar refractivity (Wildman–Crippen MR) is 31.7 cm³/mol. The Balaban J connectivity index is -0.00000000125. The monoisotopic (exact) mass is 248 g/mol. The molecule has 0 aliphatic carbocycles. The fraction of sp³-hybridized carbons (Fsp3) is 0. The van der Waals surface area contributed by atoms with E-state index >= 15 is 0 Å². The molecule has 0 unspecified atom stereocenters. The van der Waals surface area contributed by atoms with E-state index in [1.807, 2.05) is 0 Å². The van der Waals surface area contributed by atoms with Crippen molar-refractivity contribution in [1.82, 2.24) is 0 Å². The summed E-state index contributed by atoms with van der Waals surface area (Å²) in [7, 11) is -3.63. The van der Waals surface area contributed by atoms with E-state index in [0.29, 0.717) is 0 Å². The first-order chi connectivity index (χ1) is 1.73. The summed E-state index contributed by atoms with van der Waals surface area (Å²) in [4.78, 5) is 17.0. The Morgan fingerprint density at radius 1 is 0.615 bits per heavy atom. The van der Waals surface area contributed by atoms with Crippen LogP contribution in [0.5, 0.6) is 0 Å². The van der Waals surface area contributed by atoms with E-state index in [2.05, 4.69) is 0 Å². The van der Waals surface area contributed by atoms with Crippen LogP contribution in [0.3, 0.4) is 0 Å². The third kappa shape index (κ3) is 959. The standard InChI is InChI=1S/2Na.O3Si.7H2O/c;;1-4(2)3;;;;;;;/h;;;7*1H2/q2*+1;-2;;;;;;;. The Morgan fingerprint density at radius 2 is 0.615 bits per heavy atom. The summed E-state index contributed by atoms with van der Waals surface area (Å²) in [6.45, 7) is 0. The van der Waals surface area contributed by atoms with E-state index in [4.69, 9.17) is 14.1 Å². The molecule has 0 aliphatic heterocycles. The molecular weight excluding hydrogens is 234 g/mol. The maximum absolute atomic E-state index is 8.52. The van der Waals surface area contributed by atoms with Gasteiger partial charge in [-0.05, 0) is 0 Å². The Hall–Kier alpha value is 1.34. The average molecular weight is 248 g/mol. The molecule has 0 saturated heterocycles. The first-order valence-corrected chi connectivity index (χ1v) is 1.84. The molecule has 13 heavy (non-hydrogen) atoms. The van der Waals surface area contributed by atoms with Gasteiger partial charge in [0.1, 0.15) is 0 Å². The van der Waals surface area contributed by atoms with Gasteiger partial charge < -0.3 is 52.4 Å². The van der Waals surface area contributed by atoms with Crippen LogP contribution in [0.2, 0.25) is 0 Å². The third-order valence-electron chi connectivity index (χ3n) is 0. The molecule has 0 aromatic carbocycles. The zero-order valence-electron chi connectivity index (χ0n) is 7.22. The first-order valence-electron chi connectivity index (χ1n) is 0.612. The van der Waals surface area contributed by atoms with Crippen LogP contribution in [-0.2, 0) is 4.46 Å². The summed E-state index contributed by atoms with van der Waals surface area (Å²) in [6, 6.07) is 0. The topological polar surface area (TPSA) is 284 Å². The van der Waals surface area contributed by atoms with Crippen LogP contribution >= 0.6 is 0 Å². The second-order valence-electron chi connectivity index (χ2n) is 0.250. The molecule has 0 aromatic rings. The van der Waals surface area contributed by atoms with E-state index in [1.165, 1.54) is 0 Å². The zero-order chi connectivity index (χ0) is 3.58. The summed E-state index contributed by atoms with van der Waals surface area (Å²) in [5.74, 6) is 0. The largest absolute Gasteiger partial charge is 1.00 e. The van der Waals surface area contributed by atoms with E-state index in [1.54, 1.807) is 0 Å². The number of rotatable bonds is 0. The Labute approximate surface area is 120 Å². The van der Waals surface area contributed by atoms with Crippen molar-refractivity contribution in [3.63, 3.8) is 0 Å². The molecule has 80 valence electrons. The van der Waals surface area contributed by atoms with Crippen LogP contribution in [-0.4, -0.2) is 47.5 Å². The normalized spacial score (nSPS) is 1.85. The predicted octanol–water partition coefficient (Wildman–Crippen LogP) is -14.6. The van der Waals surface area contributed by atoms with Crippen molar-refractivity contribution < 1.29 is 112 Å². The SMILES string of the molecule is O.O.O.O.O.O.O.O=[Si]([O-])[O-].[Na+].[Na+]. The van der Waals surface area contributed by atoms with Gasteiger partial charge in [-0.1, -0.05) is 0 Å². The smallest absolute Gasteiger partial charge is 0.672 e. The van der Waals surface area contributed by atoms with Crippen LogP contribution in [0.15, 0.2) is 0 Å². The Bertz CT molecular complexity index is 35.9. The molecule has 0 atom stereocenters. The van der Waals surface area contributed by atoms with Crippen molar-refractivity contribution in [3.8, 4) is 0 Å². The van der Waals surface area contributed by atoms with Crippen LogP contribution in [0.1, 0.15) is 0 Å². The molecule has 0 bridgehead atoms. The maximum atomic E-state index is 8.52. The zero-order valence-corrected chi connectivity index (χ0v) is 12.2. The van der Waals surface area contributed by atoms with Crippen LogP contribution in [0.4, 0.5) is 0 Å². The van der Waals surface area contributed by atoms with Crippen molar-refractivity contribution in [2.45, 2.75) is 0 Å². The number of hydrogen-bond acceptors (Lipinski definition) is 3. The van der Waals surface area contributed by atoms with Gasteiger partial charge in [-0.25, -0.2) is 0 Å². The van der Waals surface area contributed by atoms with Crippen LogP contribution in [0.25, 0.3) is 0 Å². The van der Waals surface area contributed by atoms with Crippen LogP contribution in [0, 0.1) is 0 Å². The van der Waals surface area contributed by atoms with Gasteiger partial charge in [-0.15, -0.1) is 0 Å². The van der Waals surface area contributed by atoms with Gasteiger partial charge in [0, 0.05) is 9.17 Å². The Morgan fingerprint density at radius 3 is 0.615 bits per heavy atom. The third-order valence-corrected chi connectivity index (χ3v) is 0. The molecule has 0 radical (unpaired) electrons. The molecule has 0 saturated carbocycles. The first kappa shape index (κ1) is 136. The van der Waals surface area contributed by atoms with Gasteiger partial charge >= 0.3 is 59.1 Å². The van der Waals surface area contributed by atoms with Crippen molar-refractivity contribution in [1.29, 1.82) is 0 Å². The van der Waals surface area contributed by atoms with Crippen molar-refractivity contribution >= 4 is 9.17 Å². The summed E-state index contributed by atoms with van der Waals surface area (Å²) in [6.07, 6.45) is 0. The Kier molecular flexibility index (Phi) is 1130. The minimum Gasteiger partial charge on any atom is -0.672 e. The quantitative estimate of drug-likeness (QED) is 0.377. The minimum absolute atomic E-state index is 0. The summed E-state index contributed by atoms with van der Waals surface area (Å²) < 4.78 is 8.52. The van der Waals surface area contributed by atoms with E-state index in [-0.39, 0.29) is 97.4 Å². The summed E-state index contributed by atoms with van der Waals surface area (Å²) in [5, 5.41) is 0. The number of hydrogen-bond donors (Lipinski definition) is 0. The van der Waals surface area contributed by atoms with Gasteiger partial charge in [0.2, 0.25) is 0 Å². The van der Waals surface area contributed by atoms with E-state index < -0.39 is 9.17 Å². The summed E-state index contributed by atoms with van der Waals surface area (Å²) >= 11 is 0. The second kappa shape index (κ2) is 108. The van der Waals surface area contributed by atoms with Crippen molar-refractivity contribution in [3.05, 3.63) is 0 Å². The molecule has 0 fully saturated rings. The van der Waals surface area contributed by atoms with Crippen molar-refractivity contribution in [2.75, 3.05) is 0 Å². The van der Waals surface area contributed by atoms with Gasteiger partial charge in [0.15, 0.2) is 0 Å². The molecular formula is H14Na2O10Si. The van der Waals surface area contributed by atoms with Gasteiger partial charge in [-0.2, -0.15) is 0 Å². The minimum atomic E-state index is -3.63. The van der Waals surface area contributed by atoms with Gasteiger partial charge in [-0.3, -0.25) is 0 Å². The molecule has 10 nitrogen and oxygen atoms in total. The molecule has 14 N–H and O–H groups in total. The fourth-order valence-electron chi connectivity index (χ4n) is 0. The fourth-order valence-corrected chi connectivity index (χ4v) is 0. The molecule has 0 spiro atoms. The van der Waals surface area contributed by atoms with Gasteiger partial charge in [0.25, 0.3) is 0 Å². The van der Waals surface area contributed by atoms with E-state index in [9.17, 15) is 0 Å². The van der Waals surface area contributed by atoms with Crippen molar-refractivity contribution in [2.24, 2.45) is 0 Å². The maximum Gasteiger partial charge on any atom is 1.00 e. The van der Waals surface area contributed by atoms with Gasteiger partial charge in [0.05, 0.1) is 0 Å². The molecule has 0 aliphatic rings. The average Bonchev–Trinajstić information content (AvgIpc) is 0.811. The molecule has 0 heterocycles. The summed E-state index contributed by atoms with van der Waals surface area (Å²) in [5.41, 5.74) is 0. The molecule has 0 aromatic heterocycles.